The molecule has 0 bridgehead atoms. The molecule has 4 aliphatic rings. The molecule has 0 spiro atoms. The van der Waals surface area contributed by atoms with Crippen LogP contribution >= 0.6 is 12.4 Å². The predicted octanol–water partition coefficient (Wildman–Crippen LogP) is 3.28. The Bertz CT molecular complexity index is 1670. The van der Waals surface area contributed by atoms with Crippen LogP contribution in [-0.2, 0) is 24.6 Å². The maximum atomic E-state index is 15.1. The quantitative estimate of drug-likeness (QED) is 0.375. The fraction of sp³-hybridized carbons (Fsp3) is 0.500. The average Bonchev–Trinajstić information content (AvgIpc) is 3.75. The number of benzene rings is 1. The van der Waals surface area contributed by atoms with E-state index in [4.69, 9.17) is 0 Å². The first-order valence-electron chi connectivity index (χ1n) is 15.1. The average molecular weight is 665 g/mol. The van der Waals surface area contributed by atoms with E-state index in [0.29, 0.717) is 50.5 Å². The molecule has 3 aromatic rings. The van der Waals surface area contributed by atoms with Crippen molar-refractivity contribution in [1.29, 1.82) is 0 Å². The molecule has 3 amide bonds. The van der Waals surface area contributed by atoms with Crippen LogP contribution in [0.2, 0.25) is 0 Å². The van der Waals surface area contributed by atoms with Gasteiger partial charge in [0, 0.05) is 57.6 Å². The van der Waals surface area contributed by atoms with Crippen molar-refractivity contribution in [1.82, 2.24) is 34.4 Å². The molecule has 46 heavy (non-hydrogen) atoms. The van der Waals surface area contributed by atoms with E-state index in [1.165, 1.54) is 45.7 Å². The number of carbonyl (C=O) groups is 3. The van der Waals surface area contributed by atoms with Gasteiger partial charge in [-0.1, -0.05) is 0 Å². The standard InChI is InChI=1S/C30H32F4N8O3.ClH/c1-39-23(21-15-42(14-16-2-3-16)38-25(21)30(32,33)34)13-36-26(39)27(43)37-17-4-5-18(22(31)10-17)28(44)40-6-8-41(9-7-40)29(45)24-19-11-35-12-20(19)24;/h4-5,10,13,15-16,19-20,24,35H,2-3,6-9,11-12,14H2,1H3,(H,37,43);1H/t19-,20+,24-;. The van der Waals surface area contributed by atoms with Crippen molar-refractivity contribution >= 4 is 35.8 Å². The summed E-state index contributed by atoms with van der Waals surface area (Å²) in [4.78, 5) is 46.3. The third-order valence-electron chi connectivity index (χ3n) is 9.35. The molecule has 16 heteroatoms. The fourth-order valence-electron chi connectivity index (χ4n) is 6.60. The molecule has 246 valence electrons. The van der Waals surface area contributed by atoms with E-state index in [-0.39, 0.29) is 52.6 Å². The molecule has 3 atom stereocenters. The normalized spacial score (nSPS) is 22.3. The summed E-state index contributed by atoms with van der Waals surface area (Å²) in [5, 5.41) is 9.54. The first kappa shape index (κ1) is 32.0. The number of piperazine rings is 1. The van der Waals surface area contributed by atoms with Gasteiger partial charge in [-0.05, 0) is 61.9 Å². The van der Waals surface area contributed by atoms with Crippen LogP contribution in [0.3, 0.4) is 0 Å². The number of nitrogens with zero attached hydrogens (tertiary/aromatic N) is 6. The number of imidazole rings is 1. The van der Waals surface area contributed by atoms with E-state index in [0.717, 1.165) is 32.0 Å². The van der Waals surface area contributed by atoms with Crippen LogP contribution in [0.5, 0.6) is 0 Å². The van der Waals surface area contributed by atoms with Gasteiger partial charge in [0.15, 0.2) is 11.5 Å². The van der Waals surface area contributed by atoms with Crippen molar-refractivity contribution in [3.8, 4) is 11.3 Å². The Hall–Kier alpha value is -3.98. The van der Waals surface area contributed by atoms with Gasteiger partial charge in [0.05, 0.1) is 23.0 Å². The topological polar surface area (TPSA) is 117 Å². The van der Waals surface area contributed by atoms with Crippen LogP contribution in [0.25, 0.3) is 11.3 Å². The largest absolute Gasteiger partial charge is 0.435 e. The zero-order valence-electron chi connectivity index (χ0n) is 24.9. The van der Waals surface area contributed by atoms with E-state index in [1.54, 1.807) is 4.90 Å². The van der Waals surface area contributed by atoms with Crippen LogP contribution in [-0.4, -0.2) is 86.1 Å². The number of alkyl halides is 3. The van der Waals surface area contributed by atoms with Gasteiger partial charge in [-0.3, -0.25) is 19.1 Å². The number of hydrogen-bond donors (Lipinski definition) is 2. The zero-order chi connectivity index (χ0) is 31.6. The highest BCUT2D eigenvalue weighted by molar-refractivity contribution is 6.03. The number of fused-ring (bicyclic) bond motifs is 1. The first-order chi connectivity index (χ1) is 21.5. The summed E-state index contributed by atoms with van der Waals surface area (Å²) >= 11 is 0. The van der Waals surface area contributed by atoms with Gasteiger partial charge in [0.1, 0.15) is 5.82 Å². The van der Waals surface area contributed by atoms with Crippen LogP contribution in [0.15, 0.2) is 30.6 Å². The second-order valence-electron chi connectivity index (χ2n) is 12.4. The number of piperidine rings is 1. The smallest absolute Gasteiger partial charge is 0.339 e. The minimum Gasteiger partial charge on any atom is -0.339 e. The summed E-state index contributed by atoms with van der Waals surface area (Å²) in [6.07, 6.45) is -0.322. The minimum atomic E-state index is -4.70. The van der Waals surface area contributed by atoms with Gasteiger partial charge in [0.2, 0.25) is 5.91 Å². The second kappa shape index (κ2) is 12.0. The lowest BCUT2D eigenvalue weighted by Gasteiger charge is -2.35. The highest BCUT2D eigenvalue weighted by Crippen LogP contribution is 2.49. The number of aromatic nitrogens is 4. The number of amides is 3. The van der Waals surface area contributed by atoms with Gasteiger partial charge in [-0.15, -0.1) is 12.4 Å². The van der Waals surface area contributed by atoms with Crippen molar-refractivity contribution in [2.24, 2.45) is 30.7 Å². The third kappa shape index (κ3) is 5.97. The SMILES string of the molecule is Cl.Cn1c(-c2cn(CC3CC3)nc2C(F)(F)F)cnc1C(=O)Nc1ccc(C(=O)N2CCN(C(=O)[C@@H]3[C@@H]4CNC[C@@H]43)CC2)c(F)c1. The van der Waals surface area contributed by atoms with Crippen molar-refractivity contribution in [2.45, 2.75) is 25.6 Å². The number of nitrogens with one attached hydrogen (secondary N) is 2. The highest BCUT2D eigenvalue weighted by Gasteiger charge is 2.58. The zero-order valence-corrected chi connectivity index (χ0v) is 25.7. The molecule has 2 aromatic heterocycles. The molecule has 4 fully saturated rings. The van der Waals surface area contributed by atoms with Crippen molar-refractivity contribution in [2.75, 3.05) is 44.6 Å². The summed E-state index contributed by atoms with van der Waals surface area (Å²) < 4.78 is 59.0. The maximum Gasteiger partial charge on any atom is 0.435 e. The lowest BCUT2D eigenvalue weighted by molar-refractivity contribution is -0.141. The number of anilines is 1. The lowest BCUT2D eigenvalue weighted by atomic mass is 10.1. The second-order valence-corrected chi connectivity index (χ2v) is 12.4. The predicted molar refractivity (Wildman–Crippen MR) is 160 cm³/mol. The fourth-order valence-corrected chi connectivity index (χ4v) is 6.60. The maximum absolute atomic E-state index is 15.1. The monoisotopic (exact) mass is 664 g/mol. The number of halogens is 5. The molecular formula is C30H33ClF4N8O3. The summed E-state index contributed by atoms with van der Waals surface area (Å²) in [5.74, 6) is -0.977. The van der Waals surface area contributed by atoms with E-state index in [1.807, 2.05) is 0 Å². The molecule has 11 nitrogen and oxygen atoms in total. The molecule has 0 radical (unpaired) electrons. The molecule has 2 aliphatic carbocycles. The molecule has 7 rings (SSSR count). The lowest BCUT2D eigenvalue weighted by Crippen LogP contribution is -2.51. The number of hydrogen-bond acceptors (Lipinski definition) is 6. The molecule has 4 heterocycles. The number of carbonyl (C=O) groups excluding carboxylic acids is 3. The molecule has 2 saturated heterocycles. The van der Waals surface area contributed by atoms with Crippen molar-refractivity contribution in [3.63, 3.8) is 0 Å². The van der Waals surface area contributed by atoms with Gasteiger partial charge in [-0.2, -0.15) is 18.3 Å². The van der Waals surface area contributed by atoms with E-state index in [2.05, 4.69) is 20.7 Å². The first-order valence-corrected chi connectivity index (χ1v) is 15.1. The Labute approximate surface area is 267 Å². The molecule has 2 N–H and O–H groups in total. The Balaban J connectivity index is 0.00000372. The van der Waals surface area contributed by atoms with Crippen molar-refractivity contribution < 1.29 is 31.9 Å². The Kier molecular flexibility index (Phi) is 8.34. The molecule has 2 saturated carbocycles. The van der Waals surface area contributed by atoms with E-state index in [9.17, 15) is 27.6 Å². The van der Waals surface area contributed by atoms with Gasteiger partial charge < -0.3 is 25.0 Å². The number of rotatable bonds is 7. The van der Waals surface area contributed by atoms with Crippen LogP contribution in [0, 0.1) is 29.5 Å². The van der Waals surface area contributed by atoms with Gasteiger partial charge in [-0.25, -0.2) is 9.37 Å². The summed E-state index contributed by atoms with van der Waals surface area (Å²) in [7, 11) is 1.42. The van der Waals surface area contributed by atoms with Gasteiger partial charge >= 0.3 is 6.18 Å². The van der Waals surface area contributed by atoms with E-state index >= 15 is 4.39 Å². The Morgan fingerprint density at radius 2 is 1.72 bits per heavy atom. The third-order valence-corrected chi connectivity index (χ3v) is 9.35. The highest BCUT2D eigenvalue weighted by atomic mass is 35.5. The molecular weight excluding hydrogens is 632 g/mol. The Morgan fingerprint density at radius 1 is 1.04 bits per heavy atom. The summed E-state index contributed by atoms with van der Waals surface area (Å²) in [5.41, 5.74) is -1.31. The van der Waals surface area contributed by atoms with E-state index < -0.39 is 29.5 Å². The van der Waals surface area contributed by atoms with Crippen LogP contribution in [0.1, 0.15) is 39.5 Å². The molecule has 0 unspecified atom stereocenters. The minimum absolute atomic E-state index is 0. The van der Waals surface area contributed by atoms with Gasteiger partial charge in [0.25, 0.3) is 11.8 Å². The Morgan fingerprint density at radius 3 is 2.35 bits per heavy atom. The molecule has 2 aliphatic heterocycles. The molecule has 1 aromatic carbocycles. The summed E-state index contributed by atoms with van der Waals surface area (Å²) in [6.45, 7) is 3.48. The van der Waals surface area contributed by atoms with Crippen LogP contribution < -0.4 is 10.6 Å². The van der Waals surface area contributed by atoms with Crippen molar-refractivity contribution in [3.05, 3.63) is 53.5 Å². The van der Waals surface area contributed by atoms with Crippen LogP contribution in [0.4, 0.5) is 23.2 Å². The summed E-state index contributed by atoms with van der Waals surface area (Å²) in [6, 6.07) is 3.66.